The molecule has 1 aliphatic carbocycles. The Morgan fingerprint density at radius 2 is 1.89 bits per heavy atom. The lowest BCUT2D eigenvalue weighted by Crippen LogP contribution is -2.44. The van der Waals surface area contributed by atoms with Crippen LogP contribution in [0.15, 0.2) is 0 Å². The van der Waals surface area contributed by atoms with Crippen LogP contribution in [0.2, 0.25) is 0 Å². The highest BCUT2D eigenvalue weighted by Crippen LogP contribution is 2.23. The highest BCUT2D eigenvalue weighted by molar-refractivity contribution is 5.72. The summed E-state index contributed by atoms with van der Waals surface area (Å²) in [6, 6.07) is 0.227. The van der Waals surface area contributed by atoms with Crippen molar-refractivity contribution in [2.45, 2.75) is 58.4 Å². The van der Waals surface area contributed by atoms with Gasteiger partial charge in [-0.15, -0.1) is 5.48 Å². The average Bonchev–Trinajstić information content (AvgIpc) is 2.43. The van der Waals surface area contributed by atoms with Gasteiger partial charge in [0.25, 0.3) is 0 Å². The number of carbonyl (C=O) groups excluding carboxylic acids is 2. The van der Waals surface area contributed by atoms with E-state index in [0.717, 1.165) is 32.1 Å². The third-order valence-corrected chi connectivity index (χ3v) is 3.21. The molecule has 0 unspecified atom stereocenters. The van der Waals surface area contributed by atoms with E-state index in [1.165, 1.54) is 6.42 Å². The van der Waals surface area contributed by atoms with Crippen LogP contribution < -0.4 is 5.48 Å². The van der Waals surface area contributed by atoms with Gasteiger partial charge in [0.2, 0.25) is 0 Å². The van der Waals surface area contributed by atoms with Gasteiger partial charge >= 0.3 is 12.2 Å². The molecule has 0 aromatic rings. The van der Waals surface area contributed by atoms with Crippen LogP contribution in [0.4, 0.5) is 9.59 Å². The third-order valence-electron chi connectivity index (χ3n) is 3.21. The number of hydroxylamine groups is 1. The molecule has 0 saturated heterocycles. The van der Waals surface area contributed by atoms with E-state index in [2.05, 4.69) is 4.74 Å². The van der Waals surface area contributed by atoms with Gasteiger partial charge in [-0.05, 0) is 26.2 Å². The lowest BCUT2D eigenvalue weighted by atomic mass is 9.94. The minimum atomic E-state index is -0.740. The van der Waals surface area contributed by atoms with E-state index >= 15 is 0 Å². The van der Waals surface area contributed by atoms with Crippen molar-refractivity contribution in [2.24, 2.45) is 0 Å². The lowest BCUT2D eigenvalue weighted by Gasteiger charge is -2.32. The molecule has 0 radical (unpaired) electrons. The highest BCUT2D eigenvalue weighted by atomic mass is 16.7. The molecule has 0 spiro atoms. The SMILES string of the molecule is CCCN(C(=O)ONC(=O)OCC)C1CCCCC1. The second-order valence-corrected chi connectivity index (χ2v) is 4.68. The topological polar surface area (TPSA) is 67.9 Å². The van der Waals surface area contributed by atoms with Gasteiger partial charge in [-0.2, -0.15) is 0 Å². The zero-order valence-electron chi connectivity index (χ0n) is 11.8. The van der Waals surface area contributed by atoms with Crippen LogP contribution in [0, 0.1) is 0 Å². The van der Waals surface area contributed by atoms with E-state index in [-0.39, 0.29) is 12.6 Å². The Hall–Kier alpha value is -1.46. The maximum absolute atomic E-state index is 12.0. The summed E-state index contributed by atoms with van der Waals surface area (Å²) in [5.74, 6) is 0. The molecule has 0 bridgehead atoms. The molecular weight excluding hydrogens is 248 g/mol. The summed E-state index contributed by atoms with van der Waals surface area (Å²) in [4.78, 5) is 29.6. The van der Waals surface area contributed by atoms with Crippen LogP contribution >= 0.6 is 0 Å². The zero-order chi connectivity index (χ0) is 14.1. The maximum Gasteiger partial charge on any atom is 0.440 e. The summed E-state index contributed by atoms with van der Waals surface area (Å²) in [6.45, 7) is 4.59. The van der Waals surface area contributed by atoms with Gasteiger partial charge in [0.05, 0.1) is 6.61 Å². The van der Waals surface area contributed by atoms with Gasteiger partial charge < -0.3 is 14.5 Å². The quantitative estimate of drug-likeness (QED) is 0.799. The Balaban J connectivity index is 2.45. The van der Waals surface area contributed by atoms with E-state index in [1.807, 2.05) is 12.4 Å². The summed E-state index contributed by atoms with van der Waals surface area (Å²) >= 11 is 0. The van der Waals surface area contributed by atoms with E-state index in [1.54, 1.807) is 11.8 Å². The molecule has 0 heterocycles. The Labute approximate surface area is 114 Å². The van der Waals surface area contributed by atoms with Crippen LogP contribution in [0.3, 0.4) is 0 Å². The number of amides is 2. The van der Waals surface area contributed by atoms with E-state index < -0.39 is 12.2 Å². The normalized spacial score (nSPS) is 15.7. The van der Waals surface area contributed by atoms with Crippen LogP contribution in [0.25, 0.3) is 0 Å². The summed E-state index contributed by atoms with van der Waals surface area (Å²) in [6.07, 6.45) is 5.16. The molecule has 0 aliphatic heterocycles. The minimum Gasteiger partial charge on any atom is -0.448 e. The van der Waals surface area contributed by atoms with Crippen molar-refractivity contribution in [3.8, 4) is 0 Å². The largest absolute Gasteiger partial charge is 0.448 e. The summed E-state index contributed by atoms with van der Waals surface area (Å²) in [5.41, 5.74) is 2.01. The maximum atomic E-state index is 12.0. The van der Waals surface area contributed by atoms with Gasteiger partial charge in [0.15, 0.2) is 0 Å². The molecule has 1 fully saturated rings. The number of nitrogens with zero attached hydrogens (tertiary/aromatic N) is 1. The van der Waals surface area contributed by atoms with Gasteiger partial charge in [-0.1, -0.05) is 26.2 Å². The zero-order valence-corrected chi connectivity index (χ0v) is 11.8. The number of carbonyl (C=O) groups is 2. The standard InChI is InChI=1S/C13H24N2O4/c1-3-10-15(11-8-6-5-7-9-11)13(17)19-14-12(16)18-4-2/h11H,3-10H2,1-2H3,(H,14,16). The van der Waals surface area contributed by atoms with Crippen molar-refractivity contribution < 1.29 is 19.2 Å². The molecule has 0 aromatic heterocycles. The van der Waals surface area contributed by atoms with Crippen LogP contribution in [-0.4, -0.2) is 36.3 Å². The molecular formula is C13H24N2O4. The van der Waals surface area contributed by atoms with Gasteiger partial charge in [-0.25, -0.2) is 9.59 Å². The monoisotopic (exact) mass is 272 g/mol. The first-order valence-corrected chi connectivity index (χ1v) is 7.09. The van der Waals surface area contributed by atoms with Crippen LogP contribution in [-0.2, 0) is 9.57 Å². The van der Waals surface area contributed by atoms with Crippen molar-refractivity contribution in [1.29, 1.82) is 0 Å². The molecule has 19 heavy (non-hydrogen) atoms. The summed E-state index contributed by atoms with van der Waals surface area (Å²) in [5, 5.41) is 0. The lowest BCUT2D eigenvalue weighted by molar-refractivity contribution is 0.0307. The molecule has 0 aromatic carbocycles. The summed E-state index contributed by atoms with van der Waals surface area (Å²) < 4.78 is 4.63. The van der Waals surface area contributed by atoms with Crippen molar-refractivity contribution in [1.82, 2.24) is 10.4 Å². The number of hydrogen-bond donors (Lipinski definition) is 1. The van der Waals surface area contributed by atoms with Gasteiger partial charge in [-0.3, -0.25) is 0 Å². The fourth-order valence-electron chi connectivity index (χ4n) is 2.36. The molecule has 110 valence electrons. The Kier molecular flexibility index (Phi) is 7.07. The van der Waals surface area contributed by atoms with Gasteiger partial charge in [0, 0.05) is 12.6 Å². The molecule has 1 rings (SSSR count). The molecule has 2 amide bonds. The molecule has 1 aliphatic rings. The minimum absolute atomic E-state index is 0.227. The van der Waals surface area contributed by atoms with E-state index in [9.17, 15) is 9.59 Å². The van der Waals surface area contributed by atoms with Crippen molar-refractivity contribution in [2.75, 3.05) is 13.2 Å². The number of ether oxygens (including phenoxy) is 1. The summed E-state index contributed by atoms with van der Waals surface area (Å²) in [7, 11) is 0. The third kappa shape index (κ3) is 5.36. The highest BCUT2D eigenvalue weighted by Gasteiger charge is 2.26. The van der Waals surface area contributed by atoms with Crippen molar-refractivity contribution >= 4 is 12.2 Å². The fraction of sp³-hybridized carbons (Fsp3) is 0.846. The number of hydrogen-bond acceptors (Lipinski definition) is 4. The molecule has 6 heteroatoms. The van der Waals surface area contributed by atoms with E-state index in [0.29, 0.717) is 6.54 Å². The molecule has 1 N–H and O–H groups in total. The van der Waals surface area contributed by atoms with Crippen LogP contribution in [0.5, 0.6) is 0 Å². The average molecular weight is 272 g/mol. The molecule has 1 saturated carbocycles. The van der Waals surface area contributed by atoms with E-state index in [4.69, 9.17) is 4.84 Å². The van der Waals surface area contributed by atoms with Crippen molar-refractivity contribution in [3.05, 3.63) is 0 Å². The van der Waals surface area contributed by atoms with Crippen molar-refractivity contribution in [3.63, 3.8) is 0 Å². The number of nitrogens with one attached hydrogen (secondary N) is 1. The predicted molar refractivity (Wildman–Crippen MR) is 70.5 cm³/mol. The predicted octanol–water partition coefficient (Wildman–Crippen LogP) is 2.83. The Morgan fingerprint density at radius 1 is 1.21 bits per heavy atom. The molecule has 6 nitrogen and oxygen atoms in total. The Bertz CT molecular complexity index is 290. The molecule has 0 atom stereocenters. The number of rotatable bonds is 4. The fourth-order valence-corrected chi connectivity index (χ4v) is 2.36. The van der Waals surface area contributed by atoms with Crippen LogP contribution in [0.1, 0.15) is 52.4 Å². The Morgan fingerprint density at radius 3 is 2.47 bits per heavy atom. The first-order chi connectivity index (χ1) is 9.19. The first kappa shape index (κ1) is 15.6. The first-order valence-electron chi connectivity index (χ1n) is 7.09. The van der Waals surface area contributed by atoms with Gasteiger partial charge in [0.1, 0.15) is 0 Å². The smallest absolute Gasteiger partial charge is 0.440 e. The second kappa shape index (κ2) is 8.61. The second-order valence-electron chi connectivity index (χ2n) is 4.68.